The van der Waals surface area contributed by atoms with Crippen LogP contribution in [0.4, 0.5) is 0 Å². The van der Waals surface area contributed by atoms with Crippen LogP contribution >= 0.6 is 24.0 Å². The van der Waals surface area contributed by atoms with Crippen molar-refractivity contribution in [2.45, 2.75) is 37.8 Å². The predicted octanol–water partition coefficient (Wildman–Crippen LogP) is 3.82. The van der Waals surface area contributed by atoms with Crippen molar-refractivity contribution in [3.63, 3.8) is 0 Å². The summed E-state index contributed by atoms with van der Waals surface area (Å²) in [5, 5.41) is 7.42. The monoisotopic (exact) mass is 437 g/mol. The summed E-state index contributed by atoms with van der Waals surface area (Å²) in [7, 11) is 1.75. The van der Waals surface area contributed by atoms with Gasteiger partial charge < -0.3 is 20.4 Å². The molecule has 2 fully saturated rings. The molecule has 2 aromatic rings. The maximum absolute atomic E-state index is 12.5. The number of halogens is 2. The number of rotatable bonds is 6. The molecule has 7 heteroatoms. The van der Waals surface area contributed by atoms with Crippen molar-refractivity contribution >= 4 is 29.9 Å². The molecule has 2 heterocycles. The van der Waals surface area contributed by atoms with Gasteiger partial charge in [-0.15, -0.1) is 12.4 Å². The number of carbonyl (C=O) groups excluding carboxylic acids is 1. The smallest absolute Gasteiger partial charge is 0.220 e. The minimum atomic E-state index is 0. The van der Waals surface area contributed by atoms with Gasteiger partial charge in [-0.1, -0.05) is 23.7 Å². The summed E-state index contributed by atoms with van der Waals surface area (Å²) < 4.78 is 5.68. The first-order valence-corrected chi connectivity index (χ1v) is 10.5. The van der Waals surface area contributed by atoms with E-state index in [1.807, 2.05) is 36.4 Å². The van der Waals surface area contributed by atoms with E-state index < -0.39 is 0 Å². The molecule has 1 aliphatic heterocycles. The Morgan fingerprint density at radius 3 is 2.59 bits per heavy atom. The van der Waals surface area contributed by atoms with Gasteiger partial charge in [-0.3, -0.25) is 4.79 Å². The molecule has 1 amide bonds. The molecule has 1 aliphatic carbocycles. The Morgan fingerprint density at radius 2 is 1.86 bits per heavy atom. The highest BCUT2D eigenvalue weighted by molar-refractivity contribution is 6.30. The summed E-state index contributed by atoms with van der Waals surface area (Å²) in [6.07, 6.45) is 3.31. The van der Waals surface area contributed by atoms with E-state index in [-0.39, 0.29) is 30.5 Å². The van der Waals surface area contributed by atoms with Crippen molar-refractivity contribution in [1.82, 2.24) is 15.6 Å². The van der Waals surface area contributed by atoms with Crippen molar-refractivity contribution in [1.29, 1.82) is 0 Å². The normalized spacial score (nSPS) is 25.9. The molecule has 0 bridgehead atoms. The van der Waals surface area contributed by atoms with Crippen LogP contribution in [0.1, 0.15) is 25.0 Å². The van der Waals surface area contributed by atoms with Crippen molar-refractivity contribution in [2.75, 3.05) is 20.2 Å². The first-order valence-electron chi connectivity index (χ1n) is 10.1. The van der Waals surface area contributed by atoms with E-state index in [4.69, 9.17) is 16.3 Å². The zero-order chi connectivity index (χ0) is 19.5. The Hall–Kier alpha value is -1.53. The lowest BCUT2D eigenvalue weighted by atomic mass is 9.77. The van der Waals surface area contributed by atoms with Crippen molar-refractivity contribution in [3.05, 3.63) is 47.1 Å². The molecule has 158 valence electrons. The molecule has 2 aliphatic rings. The molecule has 5 nitrogen and oxygen atoms in total. The lowest BCUT2D eigenvalue weighted by molar-refractivity contribution is -0.123. The number of aryl methyl sites for hydroxylation is 1. The molecular weight excluding hydrogens is 409 g/mol. The third kappa shape index (κ3) is 5.34. The summed E-state index contributed by atoms with van der Waals surface area (Å²) in [6.45, 7) is 2.14. The third-order valence-electron chi connectivity index (χ3n) is 6.19. The van der Waals surface area contributed by atoms with Gasteiger partial charge in [0.05, 0.1) is 12.1 Å². The lowest BCUT2D eigenvalue weighted by Gasteiger charge is -2.37. The van der Waals surface area contributed by atoms with Crippen LogP contribution in [0.15, 0.2) is 36.4 Å². The Bertz CT molecular complexity index is 809. The van der Waals surface area contributed by atoms with Gasteiger partial charge in [-0.2, -0.15) is 0 Å². The zero-order valence-corrected chi connectivity index (χ0v) is 18.2. The van der Waals surface area contributed by atoms with E-state index in [0.29, 0.717) is 24.7 Å². The zero-order valence-electron chi connectivity index (χ0n) is 16.6. The number of hydrogen-bond donors (Lipinski definition) is 3. The fraction of sp³-hybridized carbons (Fsp3) is 0.500. The van der Waals surface area contributed by atoms with Crippen LogP contribution in [0.2, 0.25) is 5.02 Å². The first kappa shape index (κ1) is 22.2. The van der Waals surface area contributed by atoms with Crippen LogP contribution in [0.3, 0.4) is 0 Å². The Labute approximate surface area is 183 Å². The number of aromatic amines is 1. The molecule has 3 N–H and O–H groups in total. The van der Waals surface area contributed by atoms with Crippen molar-refractivity contribution in [2.24, 2.45) is 11.8 Å². The first-order chi connectivity index (χ1) is 13.6. The van der Waals surface area contributed by atoms with Gasteiger partial charge >= 0.3 is 0 Å². The maximum Gasteiger partial charge on any atom is 0.220 e. The molecule has 1 aromatic heterocycles. The van der Waals surface area contributed by atoms with Crippen LogP contribution < -0.4 is 10.6 Å². The molecule has 0 spiro atoms. The molecule has 1 aromatic carbocycles. The Kier molecular flexibility index (Phi) is 7.63. The molecular formula is C22H29Cl2N3O2. The number of nitrogens with one attached hydrogen (secondary N) is 3. The number of ether oxygens (including phenoxy) is 1. The number of fused-ring (bicyclic) bond motifs is 1. The van der Waals surface area contributed by atoms with E-state index in [9.17, 15) is 4.79 Å². The fourth-order valence-electron chi connectivity index (χ4n) is 4.60. The molecule has 1 saturated carbocycles. The number of hydrogen-bond acceptors (Lipinski definition) is 3. The second-order valence-corrected chi connectivity index (χ2v) is 8.44. The van der Waals surface area contributed by atoms with Gasteiger partial charge in [-0.05, 0) is 74.0 Å². The maximum atomic E-state index is 12.5. The van der Waals surface area contributed by atoms with Gasteiger partial charge in [0.15, 0.2) is 0 Å². The highest BCUT2D eigenvalue weighted by Gasteiger charge is 2.40. The second kappa shape index (κ2) is 9.98. The standard InChI is InChI=1S/C22H28ClN3O2.ClH/c1-28-21-11-16-13-24-12-15(16)10-20(21)26-22(27)9-7-18-6-8-19(25-18)14-2-4-17(23)5-3-14;/h2-6,8,15-16,20-21,24-25H,7,9-13H2,1H3,(H,26,27);1H/t15-,16+,20-,21-;/m0./s1. The molecule has 0 radical (unpaired) electrons. The van der Waals surface area contributed by atoms with Crippen molar-refractivity contribution < 1.29 is 9.53 Å². The summed E-state index contributed by atoms with van der Waals surface area (Å²) in [6, 6.07) is 12.0. The van der Waals surface area contributed by atoms with Crippen LogP contribution in [0.5, 0.6) is 0 Å². The number of aromatic nitrogens is 1. The predicted molar refractivity (Wildman–Crippen MR) is 119 cm³/mol. The second-order valence-electron chi connectivity index (χ2n) is 8.00. The van der Waals surface area contributed by atoms with Crippen LogP contribution in [-0.4, -0.2) is 43.2 Å². The van der Waals surface area contributed by atoms with Gasteiger partial charge in [-0.25, -0.2) is 0 Å². The van der Waals surface area contributed by atoms with Gasteiger partial charge in [0.2, 0.25) is 5.91 Å². The average molecular weight is 438 g/mol. The summed E-state index contributed by atoms with van der Waals surface area (Å²) in [5.41, 5.74) is 3.19. The van der Waals surface area contributed by atoms with Gasteiger partial charge in [0.25, 0.3) is 0 Å². The van der Waals surface area contributed by atoms with E-state index in [1.165, 1.54) is 0 Å². The van der Waals surface area contributed by atoms with Crippen LogP contribution in [0.25, 0.3) is 11.3 Å². The van der Waals surface area contributed by atoms with Crippen LogP contribution in [0, 0.1) is 11.8 Å². The molecule has 0 unspecified atom stereocenters. The minimum absolute atomic E-state index is 0. The van der Waals surface area contributed by atoms with E-state index >= 15 is 0 Å². The number of methoxy groups -OCH3 is 1. The molecule has 4 rings (SSSR count). The lowest BCUT2D eigenvalue weighted by Crippen LogP contribution is -2.50. The number of carbonyl (C=O) groups is 1. The van der Waals surface area contributed by atoms with Crippen molar-refractivity contribution in [3.8, 4) is 11.3 Å². The van der Waals surface area contributed by atoms with Crippen LogP contribution in [-0.2, 0) is 16.0 Å². The summed E-state index contributed by atoms with van der Waals surface area (Å²) in [5.74, 6) is 1.43. The summed E-state index contributed by atoms with van der Waals surface area (Å²) in [4.78, 5) is 15.9. The minimum Gasteiger partial charge on any atom is -0.379 e. The van der Waals surface area contributed by atoms with Gasteiger partial charge in [0.1, 0.15) is 0 Å². The highest BCUT2D eigenvalue weighted by atomic mass is 35.5. The Morgan fingerprint density at radius 1 is 1.14 bits per heavy atom. The van der Waals surface area contributed by atoms with E-state index in [2.05, 4.69) is 15.6 Å². The third-order valence-corrected chi connectivity index (χ3v) is 6.44. The Balaban J connectivity index is 0.00000240. The SMILES string of the molecule is CO[C@H]1C[C@@H]2CNC[C@@H]2C[C@@H]1NC(=O)CCc1ccc(-c2ccc(Cl)cc2)[nH]1.Cl. The summed E-state index contributed by atoms with van der Waals surface area (Å²) >= 11 is 5.95. The average Bonchev–Trinajstić information content (AvgIpc) is 3.35. The topological polar surface area (TPSA) is 66.2 Å². The van der Waals surface area contributed by atoms with E-state index in [0.717, 1.165) is 47.9 Å². The molecule has 29 heavy (non-hydrogen) atoms. The highest BCUT2D eigenvalue weighted by Crippen LogP contribution is 2.34. The fourth-order valence-corrected chi connectivity index (χ4v) is 4.73. The largest absolute Gasteiger partial charge is 0.379 e. The number of amides is 1. The molecule has 4 atom stereocenters. The van der Waals surface area contributed by atoms with E-state index in [1.54, 1.807) is 7.11 Å². The van der Waals surface area contributed by atoms with Gasteiger partial charge in [0, 0.05) is 29.9 Å². The molecule has 1 saturated heterocycles. The number of benzene rings is 1. The quantitative estimate of drug-likeness (QED) is 0.643. The number of H-pyrrole nitrogens is 1.